The molecule has 1 aliphatic heterocycles. The van der Waals surface area contributed by atoms with Gasteiger partial charge in [0, 0.05) is 31.3 Å². The molecule has 1 heterocycles. The number of ether oxygens (including phenoxy) is 2. The Hall–Kier alpha value is -6.53. The first-order chi connectivity index (χ1) is 36.7. The average Bonchev–Trinajstić information content (AvgIpc) is 3.87. The summed E-state index contributed by atoms with van der Waals surface area (Å²) in [6.07, 6.45) is 3.94. The van der Waals surface area contributed by atoms with E-state index in [2.05, 4.69) is 37.2 Å². The van der Waals surface area contributed by atoms with Crippen LogP contribution in [0.2, 0.25) is 0 Å². The Labute approximate surface area is 462 Å². The monoisotopic (exact) mass is 1090 g/mol. The van der Waals surface area contributed by atoms with E-state index in [4.69, 9.17) is 9.47 Å². The van der Waals surface area contributed by atoms with E-state index >= 15 is 0 Å². The SMILES string of the molecule is COC(=O)[C@@H](NC(=O)[C@H](Cc1ccccc1)NC(=O)[C@H](CC(C)C)NC(=O)CC1(NC(=O)[C@H]2CCCN2C(=O)[C@@H](NC(=O)[C@H](Cc2ccccc2)NC(=O)[C@H](CC(C)C)NC(=O)OC(C)(C)C)C(C)C)CCCCC1)C(C)C. The van der Waals surface area contributed by atoms with Gasteiger partial charge in [-0.1, -0.05) is 135 Å². The molecule has 0 spiro atoms. The van der Waals surface area contributed by atoms with Crippen molar-refractivity contribution in [3.05, 3.63) is 71.8 Å². The van der Waals surface area contributed by atoms with E-state index in [0.29, 0.717) is 25.7 Å². The molecule has 1 aliphatic carbocycles. The van der Waals surface area contributed by atoms with Crippen LogP contribution in [0.4, 0.5) is 4.79 Å². The molecular weight excluding hydrogens is 997 g/mol. The number of nitrogens with one attached hydrogen (secondary N) is 7. The van der Waals surface area contributed by atoms with Crippen LogP contribution in [0, 0.1) is 23.7 Å². The molecule has 0 aromatic heterocycles. The number of esters is 1. The maximum Gasteiger partial charge on any atom is 0.408 e. The van der Waals surface area contributed by atoms with E-state index in [9.17, 15) is 43.2 Å². The second-order valence-electron chi connectivity index (χ2n) is 23.8. The number of likely N-dealkylation sites (tertiary alicyclic amines) is 1. The molecule has 2 aromatic carbocycles. The fourth-order valence-electron chi connectivity index (χ4n) is 10.1. The smallest absolute Gasteiger partial charge is 0.408 e. The van der Waals surface area contributed by atoms with Crippen LogP contribution < -0.4 is 37.2 Å². The van der Waals surface area contributed by atoms with Crippen molar-refractivity contribution >= 4 is 53.4 Å². The number of carbonyl (C=O) groups is 9. The molecule has 0 unspecified atom stereocenters. The Morgan fingerprint density at radius 2 is 1.05 bits per heavy atom. The lowest BCUT2D eigenvalue weighted by Gasteiger charge is -2.40. The Morgan fingerprint density at radius 3 is 1.50 bits per heavy atom. The summed E-state index contributed by atoms with van der Waals surface area (Å²) in [5.41, 5.74) is -0.299. The number of methoxy groups -OCH3 is 1. The molecule has 432 valence electrons. The minimum Gasteiger partial charge on any atom is -0.467 e. The van der Waals surface area contributed by atoms with Gasteiger partial charge >= 0.3 is 12.1 Å². The minimum atomic E-state index is -1.16. The standard InChI is InChI=1S/C59H90N8O11/c1-36(2)31-42(50(69)61-45(34-41-25-18-14-19-26-41)53(72)65-49(39(7)8)56(75)77-12)60-47(68)35-59(28-20-15-21-29-59)66-54(73)46-27-22-30-67(46)55(74)48(38(5)6)64-52(71)44(33-40-23-16-13-17-24-40)62-51(70)43(32-37(3)4)63-57(76)78-58(9,10)11/h13-14,16-19,23-26,36-39,42-46,48-49H,15,20-22,27-35H2,1-12H3,(H,60,68)(H,61,69)(H,62,70)(H,63,76)(H,64,71)(H,65,72)(H,66,73)/t42-,43-,44-,45-,46+,48-,49-/m0/s1. The highest BCUT2D eigenvalue weighted by molar-refractivity contribution is 5.97. The molecule has 19 nitrogen and oxygen atoms in total. The van der Waals surface area contributed by atoms with Gasteiger partial charge in [-0.15, -0.1) is 0 Å². The molecule has 2 aliphatic rings. The number of benzene rings is 2. The molecule has 78 heavy (non-hydrogen) atoms. The summed E-state index contributed by atoms with van der Waals surface area (Å²) in [6, 6.07) is 10.9. The fourth-order valence-corrected chi connectivity index (χ4v) is 10.1. The van der Waals surface area contributed by atoms with Gasteiger partial charge in [-0.25, -0.2) is 9.59 Å². The quantitative estimate of drug-likeness (QED) is 0.0574. The van der Waals surface area contributed by atoms with Gasteiger partial charge in [0.1, 0.15) is 47.9 Å². The van der Waals surface area contributed by atoms with Crippen LogP contribution in [0.3, 0.4) is 0 Å². The summed E-state index contributed by atoms with van der Waals surface area (Å²) in [7, 11) is 1.24. The zero-order valence-electron chi connectivity index (χ0n) is 48.3. The van der Waals surface area contributed by atoms with E-state index in [1.807, 2.05) is 88.4 Å². The van der Waals surface area contributed by atoms with Crippen LogP contribution in [0.5, 0.6) is 0 Å². The zero-order valence-corrected chi connectivity index (χ0v) is 48.3. The van der Waals surface area contributed by atoms with Gasteiger partial charge in [0.2, 0.25) is 41.4 Å². The van der Waals surface area contributed by atoms with E-state index in [1.54, 1.807) is 48.5 Å². The van der Waals surface area contributed by atoms with Crippen LogP contribution in [0.25, 0.3) is 0 Å². The minimum absolute atomic E-state index is 0.0107. The summed E-state index contributed by atoms with van der Waals surface area (Å²) >= 11 is 0. The van der Waals surface area contributed by atoms with Crippen molar-refractivity contribution in [3.8, 4) is 0 Å². The lowest BCUT2D eigenvalue weighted by atomic mass is 9.78. The second kappa shape index (κ2) is 30.0. The number of nitrogens with zero attached hydrogens (tertiary/aromatic N) is 1. The normalized spacial score (nSPS) is 17.6. The molecule has 7 N–H and O–H groups in total. The van der Waals surface area contributed by atoms with Gasteiger partial charge in [0.15, 0.2) is 0 Å². The first-order valence-electron chi connectivity index (χ1n) is 28.0. The highest BCUT2D eigenvalue weighted by Crippen LogP contribution is 2.33. The van der Waals surface area contributed by atoms with E-state index in [-0.39, 0.29) is 56.4 Å². The first-order valence-corrected chi connectivity index (χ1v) is 28.0. The predicted octanol–water partition coefficient (Wildman–Crippen LogP) is 5.57. The molecule has 4 rings (SSSR count). The molecule has 2 fully saturated rings. The van der Waals surface area contributed by atoms with Gasteiger partial charge in [-0.3, -0.25) is 33.6 Å². The van der Waals surface area contributed by atoms with Crippen LogP contribution in [0.15, 0.2) is 60.7 Å². The number of rotatable bonds is 26. The summed E-state index contributed by atoms with van der Waals surface area (Å²) in [5.74, 6) is -5.18. The Bertz CT molecular complexity index is 2330. The third-order valence-electron chi connectivity index (χ3n) is 14.1. The van der Waals surface area contributed by atoms with Crippen molar-refractivity contribution < 1.29 is 52.6 Å². The molecule has 1 saturated carbocycles. The molecule has 0 bridgehead atoms. The molecule has 19 heteroatoms. The molecule has 0 radical (unpaired) electrons. The highest BCUT2D eigenvalue weighted by atomic mass is 16.6. The average molecular weight is 1090 g/mol. The molecular formula is C59H90N8O11. The summed E-state index contributed by atoms with van der Waals surface area (Å²) < 4.78 is 10.4. The van der Waals surface area contributed by atoms with Crippen molar-refractivity contribution in [1.82, 2.24) is 42.1 Å². The lowest BCUT2D eigenvalue weighted by molar-refractivity contribution is -0.146. The number of hydrogen-bond acceptors (Lipinski definition) is 11. The van der Waals surface area contributed by atoms with Gasteiger partial charge < -0.3 is 51.6 Å². The first kappa shape index (κ1) is 64.0. The van der Waals surface area contributed by atoms with Crippen LogP contribution in [-0.4, -0.2) is 125 Å². The van der Waals surface area contributed by atoms with Crippen molar-refractivity contribution in [3.63, 3.8) is 0 Å². The van der Waals surface area contributed by atoms with E-state index in [0.717, 1.165) is 30.4 Å². The molecule has 7 atom stereocenters. The molecule has 2 aromatic rings. The van der Waals surface area contributed by atoms with Crippen LogP contribution in [-0.2, 0) is 60.7 Å². The third-order valence-corrected chi connectivity index (χ3v) is 14.1. The number of amides is 8. The van der Waals surface area contributed by atoms with Crippen molar-refractivity contribution in [1.29, 1.82) is 0 Å². The van der Waals surface area contributed by atoms with Crippen LogP contribution >= 0.6 is 0 Å². The lowest BCUT2D eigenvalue weighted by Crippen LogP contribution is -2.61. The van der Waals surface area contributed by atoms with Gasteiger partial charge in [0.25, 0.3) is 0 Å². The van der Waals surface area contributed by atoms with Crippen LogP contribution in [0.1, 0.15) is 151 Å². The summed E-state index contributed by atoms with van der Waals surface area (Å²) in [6.45, 7) is 20.1. The Morgan fingerprint density at radius 1 is 0.590 bits per heavy atom. The van der Waals surface area contributed by atoms with Gasteiger partial charge in [0.05, 0.1) is 7.11 Å². The summed E-state index contributed by atoms with van der Waals surface area (Å²) in [4.78, 5) is 127. The van der Waals surface area contributed by atoms with Crippen molar-refractivity contribution in [2.75, 3.05) is 13.7 Å². The van der Waals surface area contributed by atoms with Crippen molar-refractivity contribution in [2.24, 2.45) is 23.7 Å². The van der Waals surface area contributed by atoms with Crippen molar-refractivity contribution in [2.45, 2.75) is 207 Å². The Balaban J connectivity index is 1.53. The molecule has 1 saturated heterocycles. The largest absolute Gasteiger partial charge is 0.467 e. The van der Waals surface area contributed by atoms with Gasteiger partial charge in [-0.2, -0.15) is 0 Å². The van der Waals surface area contributed by atoms with E-state index < -0.39 is 113 Å². The number of hydrogen-bond donors (Lipinski definition) is 7. The fraction of sp³-hybridized carbons (Fsp3) is 0.644. The second-order valence-corrected chi connectivity index (χ2v) is 23.8. The maximum atomic E-state index is 14.7. The Kier molecular flexibility index (Phi) is 24.6. The topological polar surface area (TPSA) is 260 Å². The summed E-state index contributed by atoms with van der Waals surface area (Å²) in [5, 5.41) is 20.2. The highest BCUT2D eigenvalue weighted by Gasteiger charge is 2.44. The maximum absolute atomic E-state index is 14.7. The van der Waals surface area contributed by atoms with E-state index in [1.165, 1.54) is 12.0 Å². The number of alkyl carbamates (subject to hydrolysis) is 1. The zero-order chi connectivity index (χ0) is 57.9. The predicted molar refractivity (Wildman–Crippen MR) is 297 cm³/mol. The van der Waals surface area contributed by atoms with Gasteiger partial charge in [-0.05, 0) is 94.1 Å². The third kappa shape index (κ3) is 20.4. The molecule has 8 amide bonds. The number of carbonyl (C=O) groups excluding carboxylic acids is 9.